The standard InChI is InChI=1S/C13H23N3S/c1-5-7-14-12-8-11(6-2)15-13(16-12)9-17-10(3)4/h8,10H,5-7,9H2,1-4H3,(H,14,15,16). The Labute approximate surface area is 109 Å². The van der Waals surface area contributed by atoms with Gasteiger partial charge in [-0.2, -0.15) is 11.8 Å². The van der Waals surface area contributed by atoms with Gasteiger partial charge < -0.3 is 5.32 Å². The average molecular weight is 253 g/mol. The maximum atomic E-state index is 4.56. The van der Waals surface area contributed by atoms with Crippen LogP contribution in [0, 0.1) is 0 Å². The van der Waals surface area contributed by atoms with Gasteiger partial charge in [0.25, 0.3) is 0 Å². The molecule has 4 heteroatoms. The van der Waals surface area contributed by atoms with E-state index in [4.69, 9.17) is 0 Å². The van der Waals surface area contributed by atoms with Crippen LogP contribution in [0.4, 0.5) is 5.82 Å². The molecule has 17 heavy (non-hydrogen) atoms. The lowest BCUT2D eigenvalue weighted by atomic mass is 10.3. The summed E-state index contributed by atoms with van der Waals surface area (Å²) in [4.78, 5) is 9.11. The van der Waals surface area contributed by atoms with E-state index in [1.807, 2.05) is 11.8 Å². The first-order valence-corrected chi connectivity index (χ1v) is 7.42. The van der Waals surface area contributed by atoms with Crippen LogP contribution < -0.4 is 5.32 Å². The minimum Gasteiger partial charge on any atom is -0.370 e. The first-order valence-electron chi connectivity index (χ1n) is 6.38. The molecule has 0 atom stereocenters. The second-order valence-corrected chi connectivity index (χ2v) is 5.87. The second-order valence-electron chi connectivity index (χ2n) is 4.30. The van der Waals surface area contributed by atoms with Crippen LogP contribution in [-0.4, -0.2) is 21.8 Å². The predicted molar refractivity (Wildman–Crippen MR) is 76.6 cm³/mol. The Morgan fingerprint density at radius 1 is 1.29 bits per heavy atom. The lowest BCUT2D eigenvalue weighted by Crippen LogP contribution is -2.07. The van der Waals surface area contributed by atoms with Gasteiger partial charge in [0.1, 0.15) is 11.6 Å². The molecule has 96 valence electrons. The van der Waals surface area contributed by atoms with Gasteiger partial charge in [-0.15, -0.1) is 0 Å². The lowest BCUT2D eigenvalue weighted by Gasteiger charge is -2.09. The Morgan fingerprint density at radius 3 is 2.65 bits per heavy atom. The molecule has 0 radical (unpaired) electrons. The minimum absolute atomic E-state index is 0.621. The quantitative estimate of drug-likeness (QED) is 0.807. The number of rotatable bonds is 7. The summed E-state index contributed by atoms with van der Waals surface area (Å²) in [6, 6.07) is 2.05. The van der Waals surface area contributed by atoms with Crippen molar-refractivity contribution in [1.82, 2.24) is 9.97 Å². The molecule has 1 N–H and O–H groups in total. The SMILES string of the molecule is CCCNc1cc(CC)nc(CSC(C)C)n1. The van der Waals surface area contributed by atoms with Crippen LogP contribution in [0.15, 0.2) is 6.07 Å². The molecule has 0 amide bonds. The third-order valence-electron chi connectivity index (χ3n) is 2.29. The third-order valence-corrected chi connectivity index (χ3v) is 3.38. The van der Waals surface area contributed by atoms with E-state index in [-0.39, 0.29) is 0 Å². The summed E-state index contributed by atoms with van der Waals surface area (Å²) >= 11 is 1.88. The molecule has 0 aliphatic carbocycles. The number of hydrogen-bond acceptors (Lipinski definition) is 4. The summed E-state index contributed by atoms with van der Waals surface area (Å²) in [5.41, 5.74) is 1.12. The van der Waals surface area contributed by atoms with Crippen LogP contribution >= 0.6 is 11.8 Å². The molecule has 0 spiro atoms. The number of thioether (sulfide) groups is 1. The number of nitrogens with one attached hydrogen (secondary N) is 1. The largest absolute Gasteiger partial charge is 0.370 e. The van der Waals surface area contributed by atoms with E-state index in [0.717, 1.165) is 42.5 Å². The topological polar surface area (TPSA) is 37.8 Å². The van der Waals surface area contributed by atoms with Gasteiger partial charge in [0.05, 0.1) is 5.75 Å². The molecule has 1 aromatic heterocycles. The second kappa shape index (κ2) is 7.54. The molecule has 0 unspecified atom stereocenters. The van der Waals surface area contributed by atoms with E-state index in [0.29, 0.717) is 5.25 Å². The highest BCUT2D eigenvalue weighted by atomic mass is 32.2. The molecule has 0 saturated carbocycles. The van der Waals surface area contributed by atoms with E-state index in [1.54, 1.807) is 0 Å². The molecule has 0 bridgehead atoms. The molecule has 0 aliphatic heterocycles. The summed E-state index contributed by atoms with van der Waals surface area (Å²) in [6.45, 7) is 9.65. The first kappa shape index (κ1) is 14.3. The fraction of sp³-hybridized carbons (Fsp3) is 0.692. The van der Waals surface area contributed by atoms with Crippen molar-refractivity contribution in [1.29, 1.82) is 0 Å². The molecule has 0 fully saturated rings. The van der Waals surface area contributed by atoms with E-state index in [9.17, 15) is 0 Å². The Balaban J connectivity index is 2.73. The average Bonchev–Trinajstić information content (AvgIpc) is 2.33. The first-order chi connectivity index (χ1) is 8.15. The van der Waals surface area contributed by atoms with Gasteiger partial charge in [0.15, 0.2) is 0 Å². The number of aryl methyl sites for hydroxylation is 1. The van der Waals surface area contributed by atoms with Crippen LogP contribution in [0.5, 0.6) is 0 Å². The van der Waals surface area contributed by atoms with Crippen LogP contribution in [-0.2, 0) is 12.2 Å². The third kappa shape index (κ3) is 5.39. The highest BCUT2D eigenvalue weighted by molar-refractivity contribution is 7.99. The van der Waals surface area contributed by atoms with E-state index in [2.05, 4.69) is 49.0 Å². The molecule has 0 saturated heterocycles. The molecule has 0 aliphatic rings. The molecule has 1 aromatic rings. The summed E-state index contributed by atoms with van der Waals surface area (Å²) in [7, 11) is 0. The van der Waals surface area contributed by atoms with Crippen molar-refractivity contribution < 1.29 is 0 Å². The molecular weight excluding hydrogens is 230 g/mol. The summed E-state index contributed by atoms with van der Waals surface area (Å²) in [6.07, 6.45) is 2.07. The molecule has 1 heterocycles. The van der Waals surface area contributed by atoms with Gasteiger partial charge in [-0.1, -0.05) is 27.7 Å². The predicted octanol–water partition coefficient (Wildman–Crippen LogP) is 3.50. The van der Waals surface area contributed by atoms with Crippen molar-refractivity contribution in [3.05, 3.63) is 17.6 Å². The Bertz CT molecular complexity index is 339. The monoisotopic (exact) mass is 253 g/mol. The van der Waals surface area contributed by atoms with Crippen molar-refractivity contribution in [2.75, 3.05) is 11.9 Å². The van der Waals surface area contributed by atoms with Crippen LogP contribution in [0.3, 0.4) is 0 Å². The van der Waals surface area contributed by atoms with Crippen molar-refractivity contribution in [3.63, 3.8) is 0 Å². The van der Waals surface area contributed by atoms with Gasteiger partial charge in [-0.05, 0) is 18.1 Å². The Morgan fingerprint density at radius 2 is 2.06 bits per heavy atom. The number of hydrogen-bond donors (Lipinski definition) is 1. The molecular formula is C13H23N3S. The molecule has 3 nitrogen and oxygen atoms in total. The van der Waals surface area contributed by atoms with Crippen LogP contribution in [0.25, 0.3) is 0 Å². The van der Waals surface area contributed by atoms with E-state index >= 15 is 0 Å². The molecule has 1 rings (SSSR count). The highest BCUT2D eigenvalue weighted by Gasteiger charge is 2.04. The summed E-state index contributed by atoms with van der Waals surface area (Å²) in [5.74, 6) is 2.81. The van der Waals surface area contributed by atoms with Gasteiger partial charge in [-0.25, -0.2) is 9.97 Å². The fourth-order valence-corrected chi connectivity index (χ4v) is 1.99. The lowest BCUT2D eigenvalue weighted by molar-refractivity contribution is 0.915. The van der Waals surface area contributed by atoms with Gasteiger partial charge in [0.2, 0.25) is 0 Å². The number of aromatic nitrogens is 2. The maximum absolute atomic E-state index is 4.56. The highest BCUT2D eigenvalue weighted by Crippen LogP contribution is 2.16. The van der Waals surface area contributed by atoms with Crippen LogP contribution in [0.1, 0.15) is 45.6 Å². The maximum Gasteiger partial charge on any atom is 0.140 e. The van der Waals surface area contributed by atoms with Gasteiger partial charge in [-0.3, -0.25) is 0 Å². The molecule has 0 aromatic carbocycles. The summed E-state index contributed by atoms with van der Waals surface area (Å²) < 4.78 is 0. The van der Waals surface area contributed by atoms with E-state index in [1.165, 1.54) is 0 Å². The zero-order chi connectivity index (χ0) is 12.7. The zero-order valence-electron chi connectivity index (χ0n) is 11.3. The van der Waals surface area contributed by atoms with Gasteiger partial charge in [0, 0.05) is 18.3 Å². The zero-order valence-corrected chi connectivity index (χ0v) is 12.1. The van der Waals surface area contributed by atoms with Crippen molar-refractivity contribution in [2.45, 2.75) is 51.5 Å². The van der Waals surface area contributed by atoms with Gasteiger partial charge >= 0.3 is 0 Å². The number of anilines is 1. The van der Waals surface area contributed by atoms with Crippen molar-refractivity contribution in [3.8, 4) is 0 Å². The fourth-order valence-electron chi connectivity index (χ4n) is 1.38. The number of nitrogens with zero attached hydrogens (tertiary/aromatic N) is 2. The Kier molecular flexibility index (Phi) is 6.34. The minimum atomic E-state index is 0.621. The van der Waals surface area contributed by atoms with Crippen molar-refractivity contribution >= 4 is 17.6 Å². The smallest absolute Gasteiger partial charge is 0.140 e. The van der Waals surface area contributed by atoms with Crippen molar-refractivity contribution in [2.24, 2.45) is 0 Å². The summed E-state index contributed by atoms with van der Waals surface area (Å²) in [5, 5.41) is 3.96. The van der Waals surface area contributed by atoms with Crippen LogP contribution in [0.2, 0.25) is 0 Å². The van der Waals surface area contributed by atoms with E-state index < -0.39 is 0 Å². The Hall–Kier alpha value is -0.770. The normalized spacial score (nSPS) is 10.9.